The first-order valence-corrected chi connectivity index (χ1v) is 16.5. The fourth-order valence-corrected chi connectivity index (χ4v) is 8.40. The number of fused-ring (bicyclic) bond motifs is 9. The van der Waals surface area contributed by atoms with Crippen LogP contribution in [0.3, 0.4) is 0 Å². The molecule has 7 rings (SSSR count). The van der Waals surface area contributed by atoms with Crippen LogP contribution in [-0.2, 0) is 28.9 Å². The molecule has 1 saturated heterocycles. The summed E-state index contributed by atoms with van der Waals surface area (Å²) in [5.74, 6) is 0.693. The summed E-state index contributed by atoms with van der Waals surface area (Å²) in [4.78, 5) is 30.6. The number of ether oxygens (including phenoxy) is 2. The van der Waals surface area contributed by atoms with Crippen molar-refractivity contribution >= 4 is 11.8 Å². The number of carbonyl (C=O) groups is 2. The maximum absolute atomic E-state index is 13.5. The van der Waals surface area contributed by atoms with Crippen molar-refractivity contribution in [3.8, 4) is 29.1 Å². The van der Waals surface area contributed by atoms with Crippen molar-refractivity contribution in [3.63, 3.8) is 0 Å². The molecule has 4 N–H and O–H groups in total. The van der Waals surface area contributed by atoms with Crippen LogP contribution in [0.1, 0.15) is 63.5 Å². The standard InChI is InChI=1S/C37H41N5O6.Ac/c1-18-11-23-13-25-27(15-38)42-26(32(41(25)5)30(23)34(45)19(18)2)14-24-31(36-35(47-17-48-36)20(3)33(24)44)28(42)16-39-37(46)21(4)40-29(43)12-22-9-7-6-8-10-22;/h6-11,21,25-28,32,44-45H,12-14,16-17H2,1-5H3,(H,39,46)(H,40,43);/t21-,25+,26?,27-,28-,32-;/m0./s1. The quantitative estimate of drug-likeness (QED) is 0.293. The first-order chi connectivity index (χ1) is 23.0. The van der Waals surface area contributed by atoms with Crippen molar-refractivity contribution in [2.75, 3.05) is 20.4 Å². The summed E-state index contributed by atoms with van der Waals surface area (Å²) < 4.78 is 11.8. The third-order valence-corrected chi connectivity index (χ3v) is 10.9. The Bertz CT molecular complexity index is 1860. The Morgan fingerprint density at radius 3 is 2.45 bits per heavy atom. The van der Waals surface area contributed by atoms with Gasteiger partial charge in [0.1, 0.15) is 23.6 Å². The molecule has 11 nitrogen and oxygen atoms in total. The van der Waals surface area contributed by atoms with E-state index in [-0.39, 0.29) is 105 Å². The number of aryl methyl sites for hydroxylation is 1. The molecule has 1 unspecified atom stereocenters. The van der Waals surface area contributed by atoms with Crippen LogP contribution in [-0.4, -0.2) is 76.4 Å². The fourth-order valence-electron chi connectivity index (χ4n) is 8.40. The molecule has 0 aromatic heterocycles. The number of hydrogen-bond donors (Lipinski definition) is 4. The molecule has 0 saturated carbocycles. The SMILES string of the molecule is Cc1cc2c(c(O)c1C)[C@@H]1C3Cc4c(O)c(C)c5c(c4[C@H](CNC(=O)[C@H](C)NC(=O)Cc4ccccc4)N3[C@@H](C#N)[C@@H](C2)N1C)OCO5.[Ac]. The zero-order chi connectivity index (χ0) is 34.0. The number of phenols is 2. The topological polar surface area (TPSA) is 147 Å². The molecule has 4 heterocycles. The number of amides is 2. The molecule has 253 valence electrons. The van der Waals surface area contributed by atoms with Crippen LogP contribution in [0.2, 0.25) is 0 Å². The molecule has 1 radical (unpaired) electrons. The Balaban J connectivity index is 0.00000417. The van der Waals surface area contributed by atoms with Crippen LogP contribution in [0.4, 0.5) is 0 Å². The van der Waals surface area contributed by atoms with Gasteiger partial charge in [0.2, 0.25) is 18.6 Å². The van der Waals surface area contributed by atoms with Crippen LogP contribution in [0.5, 0.6) is 23.0 Å². The fraction of sp³-hybridized carbons (Fsp3) is 0.432. The van der Waals surface area contributed by atoms with E-state index in [1.54, 1.807) is 13.8 Å². The van der Waals surface area contributed by atoms with E-state index in [9.17, 15) is 25.1 Å². The smallest absolute Gasteiger partial charge is 0.242 e. The average Bonchev–Trinajstić information content (AvgIpc) is 3.56. The average molecular weight is 879 g/mol. The van der Waals surface area contributed by atoms with E-state index >= 15 is 0 Å². The van der Waals surface area contributed by atoms with E-state index in [1.807, 2.05) is 51.2 Å². The zero-order valence-electron chi connectivity index (χ0n) is 28.4. The normalized spacial score (nSPS) is 24.0. The Labute approximate surface area is 322 Å². The summed E-state index contributed by atoms with van der Waals surface area (Å²) >= 11 is 0. The molecule has 49 heavy (non-hydrogen) atoms. The van der Waals surface area contributed by atoms with E-state index in [0.29, 0.717) is 41.0 Å². The summed E-state index contributed by atoms with van der Waals surface area (Å²) in [7, 11) is 2.01. The van der Waals surface area contributed by atoms with Crippen molar-refractivity contribution in [1.82, 2.24) is 20.4 Å². The summed E-state index contributed by atoms with van der Waals surface area (Å²) in [6, 6.07) is 11.3. The Kier molecular flexibility index (Phi) is 9.96. The van der Waals surface area contributed by atoms with Crippen molar-refractivity contribution < 1.29 is 73.3 Å². The largest absolute Gasteiger partial charge is 0.507 e. The maximum atomic E-state index is 13.5. The number of benzene rings is 3. The number of carbonyl (C=O) groups excluding carboxylic acids is 2. The van der Waals surface area contributed by atoms with E-state index < -0.39 is 18.1 Å². The molecule has 2 bridgehead atoms. The monoisotopic (exact) mass is 878 g/mol. The van der Waals surface area contributed by atoms with E-state index in [0.717, 1.165) is 27.8 Å². The molecule has 4 aliphatic rings. The summed E-state index contributed by atoms with van der Waals surface area (Å²) in [5, 5.41) is 39.8. The van der Waals surface area contributed by atoms with Crippen molar-refractivity contribution in [1.29, 1.82) is 5.26 Å². The predicted molar refractivity (Wildman–Crippen MR) is 177 cm³/mol. The first-order valence-electron chi connectivity index (χ1n) is 16.5. The van der Waals surface area contributed by atoms with Crippen molar-refractivity contribution in [2.45, 2.75) is 83.2 Å². The summed E-state index contributed by atoms with van der Waals surface area (Å²) in [6.45, 7) is 7.42. The second-order valence-electron chi connectivity index (χ2n) is 13.6. The van der Waals surface area contributed by atoms with E-state index in [2.05, 4.69) is 32.6 Å². The van der Waals surface area contributed by atoms with Gasteiger partial charge in [-0.05, 0) is 69.8 Å². The second-order valence-corrected chi connectivity index (χ2v) is 13.6. The minimum atomic E-state index is -0.814. The van der Waals surface area contributed by atoms with Gasteiger partial charge in [-0.1, -0.05) is 36.4 Å². The molecule has 3 aromatic carbocycles. The number of nitriles is 1. The minimum Gasteiger partial charge on any atom is -0.507 e. The van der Waals surface area contributed by atoms with Crippen molar-refractivity contribution in [2.24, 2.45) is 0 Å². The molecular formula is C37H41AcN5O6. The maximum Gasteiger partial charge on any atom is 0.242 e. The Morgan fingerprint density at radius 2 is 1.73 bits per heavy atom. The molecule has 0 aliphatic carbocycles. The number of aromatic hydroxyl groups is 2. The number of hydrogen-bond acceptors (Lipinski definition) is 9. The van der Waals surface area contributed by atoms with Gasteiger partial charge in [-0.25, -0.2) is 0 Å². The van der Waals surface area contributed by atoms with Crippen LogP contribution >= 0.6 is 0 Å². The van der Waals surface area contributed by atoms with Gasteiger partial charge in [0, 0.05) is 84.9 Å². The number of likely N-dealkylation sites (N-methyl/N-ethyl adjacent to an activating group) is 1. The Morgan fingerprint density at radius 1 is 1.02 bits per heavy atom. The third kappa shape index (κ3) is 5.87. The third-order valence-electron chi connectivity index (χ3n) is 10.9. The number of nitrogens with zero attached hydrogens (tertiary/aromatic N) is 3. The molecular weight excluding hydrogens is 837 g/mol. The van der Waals surface area contributed by atoms with Crippen LogP contribution in [0, 0.1) is 76.2 Å². The van der Waals surface area contributed by atoms with Gasteiger partial charge >= 0.3 is 0 Å². The van der Waals surface area contributed by atoms with E-state index in [1.165, 1.54) is 0 Å². The molecule has 12 heteroatoms. The molecule has 1 fully saturated rings. The van der Waals surface area contributed by atoms with Crippen LogP contribution in [0.15, 0.2) is 36.4 Å². The predicted octanol–water partition coefficient (Wildman–Crippen LogP) is 3.39. The number of piperazine rings is 1. The zero-order valence-corrected chi connectivity index (χ0v) is 33.2. The van der Waals surface area contributed by atoms with Crippen LogP contribution < -0.4 is 20.1 Å². The van der Waals surface area contributed by atoms with Gasteiger partial charge in [0.05, 0.1) is 24.6 Å². The summed E-state index contributed by atoms with van der Waals surface area (Å²) in [6.07, 6.45) is 1.12. The number of nitrogens with one attached hydrogen (secondary N) is 2. The van der Waals surface area contributed by atoms with Gasteiger partial charge in [-0.15, -0.1) is 0 Å². The van der Waals surface area contributed by atoms with Gasteiger partial charge in [0.25, 0.3) is 0 Å². The first kappa shape index (κ1) is 35.5. The van der Waals surface area contributed by atoms with Gasteiger partial charge in [0.15, 0.2) is 11.5 Å². The second kappa shape index (κ2) is 13.8. The van der Waals surface area contributed by atoms with Crippen LogP contribution in [0.25, 0.3) is 0 Å². The van der Waals surface area contributed by atoms with Gasteiger partial charge < -0.3 is 30.3 Å². The minimum absolute atomic E-state index is 0. The number of rotatable bonds is 6. The molecule has 6 atom stereocenters. The summed E-state index contributed by atoms with van der Waals surface area (Å²) in [5.41, 5.74) is 6.49. The van der Waals surface area contributed by atoms with Crippen molar-refractivity contribution in [3.05, 3.63) is 80.9 Å². The van der Waals surface area contributed by atoms with E-state index in [4.69, 9.17) is 9.47 Å². The van der Waals surface area contributed by atoms with Gasteiger partial charge in [-0.3, -0.25) is 19.4 Å². The van der Waals surface area contributed by atoms with Gasteiger partial charge in [-0.2, -0.15) is 5.26 Å². The molecule has 3 aromatic rings. The Hall–Kier alpha value is -3.35. The molecule has 0 spiro atoms. The molecule has 4 aliphatic heterocycles. The number of phenolic OH excluding ortho intramolecular Hbond substituents is 2. The molecule has 2 amide bonds.